The van der Waals surface area contributed by atoms with Gasteiger partial charge >= 0.3 is 5.97 Å². The zero-order valence-electron chi connectivity index (χ0n) is 11.1. The van der Waals surface area contributed by atoms with Gasteiger partial charge in [0.25, 0.3) is 0 Å². The molecule has 4 heteroatoms. The molecule has 18 heavy (non-hydrogen) atoms. The van der Waals surface area contributed by atoms with Crippen molar-refractivity contribution in [1.82, 2.24) is 4.90 Å². The second kappa shape index (κ2) is 6.02. The Bertz CT molecular complexity index is 279. The highest BCUT2D eigenvalue weighted by Crippen LogP contribution is 2.31. The van der Waals surface area contributed by atoms with Gasteiger partial charge in [0.15, 0.2) is 0 Å². The number of likely N-dealkylation sites (tertiary alicyclic amines) is 1. The van der Waals surface area contributed by atoms with E-state index in [4.69, 9.17) is 5.11 Å². The number of rotatable bonds is 5. The number of hydrogen-bond acceptors (Lipinski definition) is 3. The summed E-state index contributed by atoms with van der Waals surface area (Å²) in [4.78, 5) is 12.9. The van der Waals surface area contributed by atoms with E-state index in [0.717, 1.165) is 64.6 Å². The van der Waals surface area contributed by atoms with Gasteiger partial charge in [-0.25, -0.2) is 0 Å². The molecule has 1 aliphatic heterocycles. The lowest BCUT2D eigenvalue weighted by Gasteiger charge is -2.36. The third-order valence-electron chi connectivity index (χ3n) is 4.53. The summed E-state index contributed by atoms with van der Waals surface area (Å²) in [6.07, 6.45) is 7.50. The van der Waals surface area contributed by atoms with E-state index in [0.29, 0.717) is 12.3 Å². The molecule has 0 atom stereocenters. The maximum Gasteiger partial charge on any atom is 0.303 e. The highest BCUT2D eigenvalue weighted by atomic mass is 16.4. The van der Waals surface area contributed by atoms with E-state index < -0.39 is 11.6 Å². The lowest BCUT2D eigenvalue weighted by molar-refractivity contribution is -0.137. The zero-order valence-corrected chi connectivity index (χ0v) is 11.1. The molecule has 2 fully saturated rings. The van der Waals surface area contributed by atoms with Crippen LogP contribution in [0, 0.1) is 5.92 Å². The van der Waals surface area contributed by atoms with Crippen molar-refractivity contribution in [2.24, 2.45) is 5.92 Å². The fourth-order valence-electron chi connectivity index (χ4n) is 3.37. The lowest BCUT2D eigenvalue weighted by atomic mass is 9.91. The molecule has 1 aliphatic carbocycles. The van der Waals surface area contributed by atoms with E-state index in [2.05, 4.69) is 4.90 Å². The third kappa shape index (κ3) is 3.95. The molecule has 1 saturated carbocycles. The maximum absolute atomic E-state index is 10.5. The Morgan fingerprint density at radius 2 is 1.83 bits per heavy atom. The monoisotopic (exact) mass is 255 g/mol. The van der Waals surface area contributed by atoms with Crippen molar-refractivity contribution < 1.29 is 15.0 Å². The van der Waals surface area contributed by atoms with Crippen LogP contribution in [0.2, 0.25) is 0 Å². The molecule has 0 unspecified atom stereocenters. The van der Waals surface area contributed by atoms with E-state index in [1.807, 2.05) is 0 Å². The first-order valence-electron chi connectivity index (χ1n) is 7.24. The number of nitrogens with zero attached hydrogens (tertiary/aromatic N) is 1. The fraction of sp³-hybridized carbons (Fsp3) is 0.929. The summed E-state index contributed by atoms with van der Waals surface area (Å²) in [7, 11) is 0. The maximum atomic E-state index is 10.5. The van der Waals surface area contributed by atoms with Crippen LogP contribution in [0.1, 0.15) is 51.4 Å². The van der Waals surface area contributed by atoms with Crippen molar-refractivity contribution in [2.75, 3.05) is 19.6 Å². The van der Waals surface area contributed by atoms with Crippen molar-refractivity contribution in [2.45, 2.75) is 57.0 Å². The Morgan fingerprint density at radius 3 is 2.39 bits per heavy atom. The second-order valence-corrected chi connectivity index (χ2v) is 6.08. The molecular weight excluding hydrogens is 230 g/mol. The Hall–Kier alpha value is -0.610. The Balaban J connectivity index is 1.68. The van der Waals surface area contributed by atoms with Gasteiger partial charge in [0, 0.05) is 13.0 Å². The van der Waals surface area contributed by atoms with Crippen LogP contribution in [-0.4, -0.2) is 46.3 Å². The number of carboxylic acids is 1. The summed E-state index contributed by atoms with van der Waals surface area (Å²) in [5.74, 6) is -0.117. The largest absolute Gasteiger partial charge is 0.481 e. The quantitative estimate of drug-likeness (QED) is 0.787. The van der Waals surface area contributed by atoms with E-state index in [9.17, 15) is 9.90 Å². The van der Waals surface area contributed by atoms with E-state index in [1.54, 1.807) is 0 Å². The number of carboxylic acid groups (broad SMARTS) is 1. The number of aliphatic hydroxyl groups is 1. The average Bonchev–Trinajstić information content (AvgIpc) is 2.75. The van der Waals surface area contributed by atoms with Crippen LogP contribution in [0.4, 0.5) is 0 Å². The molecule has 0 radical (unpaired) electrons. The molecule has 0 bridgehead atoms. The molecule has 2 aliphatic rings. The predicted molar refractivity (Wildman–Crippen MR) is 69.5 cm³/mol. The van der Waals surface area contributed by atoms with Gasteiger partial charge in [0.2, 0.25) is 0 Å². The fourth-order valence-corrected chi connectivity index (χ4v) is 3.37. The standard InChI is InChI=1S/C14H25NO3/c16-13(17)4-3-12-5-9-15(10-6-12)11-14(18)7-1-2-8-14/h12,18H,1-11H2,(H,16,17). The molecule has 1 heterocycles. The summed E-state index contributed by atoms with van der Waals surface area (Å²) in [5, 5.41) is 19.0. The van der Waals surface area contributed by atoms with Crippen molar-refractivity contribution in [3.05, 3.63) is 0 Å². The highest BCUT2D eigenvalue weighted by molar-refractivity contribution is 5.66. The van der Waals surface area contributed by atoms with Gasteiger partial charge in [0.05, 0.1) is 5.60 Å². The van der Waals surface area contributed by atoms with Gasteiger partial charge in [-0.2, -0.15) is 0 Å². The van der Waals surface area contributed by atoms with Gasteiger partial charge in [-0.15, -0.1) is 0 Å². The zero-order chi connectivity index (χ0) is 13.0. The average molecular weight is 255 g/mol. The molecule has 0 aromatic rings. The van der Waals surface area contributed by atoms with Crippen LogP contribution in [-0.2, 0) is 4.79 Å². The Kier molecular flexibility index (Phi) is 4.62. The van der Waals surface area contributed by atoms with Crippen molar-refractivity contribution >= 4 is 5.97 Å². The molecule has 2 rings (SSSR count). The SMILES string of the molecule is O=C(O)CCC1CCN(CC2(O)CCCC2)CC1. The minimum atomic E-state index is -0.683. The Labute approximate surface area is 109 Å². The van der Waals surface area contributed by atoms with Crippen LogP contribution in [0.15, 0.2) is 0 Å². The number of piperidine rings is 1. The first kappa shape index (κ1) is 13.8. The summed E-state index contributed by atoms with van der Waals surface area (Å²) in [6.45, 7) is 2.86. The topological polar surface area (TPSA) is 60.8 Å². The van der Waals surface area contributed by atoms with Crippen molar-refractivity contribution in [1.29, 1.82) is 0 Å². The Morgan fingerprint density at radius 1 is 1.22 bits per heavy atom. The van der Waals surface area contributed by atoms with E-state index in [1.165, 1.54) is 0 Å². The van der Waals surface area contributed by atoms with Crippen LogP contribution in [0.25, 0.3) is 0 Å². The molecule has 0 aromatic carbocycles. The summed E-state index contributed by atoms with van der Waals surface area (Å²) in [5.41, 5.74) is -0.437. The molecule has 0 spiro atoms. The third-order valence-corrected chi connectivity index (χ3v) is 4.53. The molecule has 1 saturated heterocycles. The number of aliphatic carboxylic acids is 1. The normalized spacial score (nSPS) is 25.4. The predicted octanol–water partition coefficient (Wildman–Crippen LogP) is 1.87. The number of β-amino-alcohol motifs (C(OH)–C–C–N with tert-alkyl or cyclic N) is 1. The molecule has 2 N–H and O–H groups in total. The molecule has 0 aromatic heterocycles. The second-order valence-electron chi connectivity index (χ2n) is 6.08. The van der Waals surface area contributed by atoms with Gasteiger partial charge < -0.3 is 15.1 Å². The van der Waals surface area contributed by atoms with Crippen LogP contribution in [0.5, 0.6) is 0 Å². The molecule has 104 valence electrons. The summed E-state index contributed by atoms with van der Waals surface area (Å²) >= 11 is 0. The number of carbonyl (C=O) groups is 1. The van der Waals surface area contributed by atoms with Gasteiger partial charge in [-0.3, -0.25) is 4.79 Å². The minimum absolute atomic E-state index is 0.300. The van der Waals surface area contributed by atoms with Crippen LogP contribution in [0.3, 0.4) is 0 Å². The van der Waals surface area contributed by atoms with Gasteiger partial charge in [-0.05, 0) is 51.1 Å². The van der Waals surface area contributed by atoms with E-state index in [-0.39, 0.29) is 0 Å². The van der Waals surface area contributed by atoms with E-state index >= 15 is 0 Å². The summed E-state index contributed by atoms with van der Waals surface area (Å²) < 4.78 is 0. The smallest absolute Gasteiger partial charge is 0.303 e. The van der Waals surface area contributed by atoms with Crippen molar-refractivity contribution in [3.63, 3.8) is 0 Å². The van der Waals surface area contributed by atoms with Gasteiger partial charge in [0.1, 0.15) is 0 Å². The van der Waals surface area contributed by atoms with Crippen LogP contribution < -0.4 is 0 Å². The molecule has 0 amide bonds. The first-order chi connectivity index (χ1) is 8.57. The molecule has 4 nitrogen and oxygen atoms in total. The van der Waals surface area contributed by atoms with Gasteiger partial charge in [-0.1, -0.05) is 12.8 Å². The lowest BCUT2D eigenvalue weighted by Crippen LogP contribution is -2.44. The first-order valence-corrected chi connectivity index (χ1v) is 7.24. The molecular formula is C14H25NO3. The van der Waals surface area contributed by atoms with Crippen LogP contribution >= 0.6 is 0 Å². The minimum Gasteiger partial charge on any atom is -0.481 e. The number of hydrogen-bond donors (Lipinski definition) is 2. The highest BCUT2D eigenvalue weighted by Gasteiger charge is 2.34. The van der Waals surface area contributed by atoms with Crippen molar-refractivity contribution in [3.8, 4) is 0 Å². The summed E-state index contributed by atoms with van der Waals surface area (Å²) in [6, 6.07) is 0.